The van der Waals surface area contributed by atoms with Crippen LogP contribution in [-0.4, -0.2) is 27.6 Å². The molecule has 0 saturated heterocycles. The summed E-state index contributed by atoms with van der Waals surface area (Å²) in [6, 6.07) is 61.9. The lowest BCUT2D eigenvalue weighted by atomic mass is 10.0. The Balaban J connectivity index is 0.956. The predicted molar refractivity (Wildman–Crippen MR) is 249 cm³/mol. The highest BCUT2D eigenvalue weighted by Gasteiger charge is 2.14. The van der Waals surface area contributed by atoms with Crippen LogP contribution >= 0.6 is 0 Å². The average molecular weight is 785 g/mol. The van der Waals surface area contributed by atoms with E-state index < -0.39 is 0 Å². The molecule has 6 heteroatoms. The third-order valence-corrected chi connectivity index (χ3v) is 10.4. The molecular formula is C54H44N2O4. The standard InChI is InChI=1S/C54H44N2O4/c1-58-52-30-24-49(25-31-52)55(48-22-14-43(38-57)15-23-48)46-18-10-39(11-19-46)4-6-41-8-16-45-37-42(9-17-44(45)36-41)7-5-40-12-20-47(21-13-40)56(50-26-32-53(59-2)33-27-50)51-28-34-54(60-3)35-29-51/h4-38H,1-3H3/b6-4+,7-5+. The highest BCUT2D eigenvalue weighted by Crippen LogP contribution is 2.38. The van der Waals surface area contributed by atoms with Crippen LogP contribution in [0.5, 0.6) is 17.2 Å². The highest BCUT2D eigenvalue weighted by atomic mass is 16.5. The number of carbonyl (C=O) groups excluding carboxylic acids is 1. The van der Waals surface area contributed by atoms with E-state index in [2.05, 4.69) is 143 Å². The fourth-order valence-corrected chi connectivity index (χ4v) is 7.13. The Kier molecular flexibility index (Phi) is 11.8. The summed E-state index contributed by atoms with van der Waals surface area (Å²) in [5.41, 5.74) is 11.2. The Morgan fingerprint density at radius 2 is 0.567 bits per heavy atom. The second-order valence-electron chi connectivity index (χ2n) is 14.2. The number of ether oxygens (including phenoxy) is 3. The summed E-state index contributed by atoms with van der Waals surface area (Å²) in [5.74, 6) is 2.42. The van der Waals surface area contributed by atoms with Crippen molar-refractivity contribution in [1.29, 1.82) is 0 Å². The van der Waals surface area contributed by atoms with Crippen molar-refractivity contribution < 1.29 is 19.0 Å². The van der Waals surface area contributed by atoms with Gasteiger partial charge in [0.25, 0.3) is 0 Å². The Bertz CT molecular complexity index is 2690. The first-order valence-electron chi connectivity index (χ1n) is 19.7. The SMILES string of the molecule is COc1ccc(N(c2ccc(C=O)cc2)c2ccc(/C=C/c3ccc4cc(/C=C/c5ccc(N(c6ccc(OC)cc6)c6ccc(OC)cc6)cc5)ccc4c3)cc2)cc1. The largest absolute Gasteiger partial charge is 0.497 e. The van der Waals surface area contributed by atoms with Gasteiger partial charge in [0, 0.05) is 39.7 Å². The average Bonchev–Trinajstić information content (AvgIpc) is 3.32. The van der Waals surface area contributed by atoms with Gasteiger partial charge in [0.15, 0.2) is 0 Å². The van der Waals surface area contributed by atoms with Gasteiger partial charge in [0.2, 0.25) is 0 Å². The summed E-state index contributed by atoms with van der Waals surface area (Å²) < 4.78 is 16.2. The zero-order chi connectivity index (χ0) is 41.3. The molecule has 0 aliphatic heterocycles. The lowest BCUT2D eigenvalue weighted by molar-refractivity contribution is 0.112. The molecule has 8 aromatic carbocycles. The van der Waals surface area contributed by atoms with E-state index in [-0.39, 0.29) is 0 Å². The van der Waals surface area contributed by atoms with E-state index in [0.29, 0.717) is 5.56 Å². The van der Waals surface area contributed by atoms with Crippen molar-refractivity contribution in [2.24, 2.45) is 0 Å². The molecule has 0 aliphatic rings. The van der Waals surface area contributed by atoms with E-state index in [1.807, 2.05) is 72.8 Å². The van der Waals surface area contributed by atoms with E-state index in [1.54, 1.807) is 21.3 Å². The summed E-state index contributed by atoms with van der Waals surface area (Å²) in [6.07, 6.45) is 9.45. The number of rotatable bonds is 14. The number of nitrogens with zero attached hydrogens (tertiary/aromatic N) is 2. The van der Waals surface area contributed by atoms with Gasteiger partial charge in [0.05, 0.1) is 21.3 Å². The van der Waals surface area contributed by atoms with Crippen LogP contribution in [0.15, 0.2) is 182 Å². The first kappa shape index (κ1) is 39.0. The van der Waals surface area contributed by atoms with Gasteiger partial charge in [-0.25, -0.2) is 0 Å². The van der Waals surface area contributed by atoms with Crippen LogP contribution in [0.3, 0.4) is 0 Å². The summed E-state index contributed by atoms with van der Waals surface area (Å²) in [7, 11) is 5.02. The molecule has 0 bridgehead atoms. The molecular weight excluding hydrogens is 741 g/mol. The summed E-state index contributed by atoms with van der Waals surface area (Å²) in [4.78, 5) is 15.7. The molecule has 0 saturated carbocycles. The van der Waals surface area contributed by atoms with Gasteiger partial charge in [-0.05, 0) is 166 Å². The Labute approximate surface area is 351 Å². The van der Waals surface area contributed by atoms with Gasteiger partial charge >= 0.3 is 0 Å². The van der Waals surface area contributed by atoms with Gasteiger partial charge in [-0.1, -0.05) is 72.8 Å². The van der Waals surface area contributed by atoms with Gasteiger partial charge in [-0.3, -0.25) is 4.79 Å². The van der Waals surface area contributed by atoms with Crippen molar-refractivity contribution in [3.05, 3.63) is 210 Å². The van der Waals surface area contributed by atoms with Crippen LogP contribution in [-0.2, 0) is 0 Å². The zero-order valence-corrected chi connectivity index (χ0v) is 33.7. The molecule has 8 rings (SSSR count). The van der Waals surface area contributed by atoms with E-state index in [9.17, 15) is 4.79 Å². The second kappa shape index (κ2) is 18.2. The molecule has 0 fully saturated rings. The number of carbonyl (C=O) groups is 1. The van der Waals surface area contributed by atoms with Crippen LogP contribution in [0.1, 0.15) is 32.6 Å². The van der Waals surface area contributed by atoms with Crippen molar-refractivity contribution >= 4 is 75.5 Å². The quantitative estimate of drug-likeness (QED) is 0.0808. The van der Waals surface area contributed by atoms with Crippen LogP contribution < -0.4 is 24.0 Å². The normalized spacial score (nSPS) is 11.2. The summed E-state index contributed by atoms with van der Waals surface area (Å²) in [6.45, 7) is 0. The summed E-state index contributed by atoms with van der Waals surface area (Å²) in [5, 5.41) is 2.37. The fourth-order valence-electron chi connectivity index (χ4n) is 7.13. The molecule has 0 heterocycles. The fraction of sp³-hybridized carbons (Fsp3) is 0.0556. The molecule has 0 amide bonds. The highest BCUT2D eigenvalue weighted by molar-refractivity contribution is 5.89. The molecule has 6 nitrogen and oxygen atoms in total. The van der Waals surface area contributed by atoms with Crippen LogP contribution in [0.25, 0.3) is 35.1 Å². The molecule has 0 spiro atoms. The number of methoxy groups -OCH3 is 3. The number of hydrogen-bond acceptors (Lipinski definition) is 6. The molecule has 0 N–H and O–H groups in total. The van der Waals surface area contributed by atoms with E-state index >= 15 is 0 Å². The molecule has 60 heavy (non-hydrogen) atoms. The third kappa shape index (κ3) is 8.99. The minimum atomic E-state index is 0.637. The molecule has 0 unspecified atom stereocenters. The topological polar surface area (TPSA) is 51.2 Å². The van der Waals surface area contributed by atoms with Crippen LogP contribution in [0, 0.1) is 0 Å². The Hall–Kier alpha value is -7.83. The first-order valence-corrected chi connectivity index (χ1v) is 19.7. The zero-order valence-electron chi connectivity index (χ0n) is 33.7. The summed E-state index contributed by atoms with van der Waals surface area (Å²) >= 11 is 0. The van der Waals surface area contributed by atoms with Crippen molar-refractivity contribution in [2.75, 3.05) is 31.1 Å². The smallest absolute Gasteiger partial charge is 0.150 e. The molecule has 0 aromatic heterocycles. The van der Waals surface area contributed by atoms with E-state index in [0.717, 1.165) is 79.9 Å². The molecule has 0 atom stereocenters. The van der Waals surface area contributed by atoms with Crippen molar-refractivity contribution in [2.45, 2.75) is 0 Å². The molecule has 8 aromatic rings. The number of hydrogen-bond donors (Lipinski definition) is 0. The minimum Gasteiger partial charge on any atom is -0.497 e. The lowest BCUT2D eigenvalue weighted by Gasteiger charge is -2.26. The Morgan fingerprint density at radius 3 is 0.850 bits per heavy atom. The van der Waals surface area contributed by atoms with Gasteiger partial charge in [-0.15, -0.1) is 0 Å². The van der Waals surface area contributed by atoms with E-state index in [4.69, 9.17) is 14.2 Å². The third-order valence-electron chi connectivity index (χ3n) is 10.4. The second-order valence-corrected chi connectivity index (χ2v) is 14.2. The Morgan fingerprint density at radius 1 is 0.317 bits per heavy atom. The number of fused-ring (bicyclic) bond motifs is 1. The van der Waals surface area contributed by atoms with Gasteiger partial charge < -0.3 is 24.0 Å². The van der Waals surface area contributed by atoms with Crippen molar-refractivity contribution in [3.8, 4) is 17.2 Å². The minimum absolute atomic E-state index is 0.637. The monoisotopic (exact) mass is 784 g/mol. The van der Waals surface area contributed by atoms with Crippen molar-refractivity contribution in [1.82, 2.24) is 0 Å². The van der Waals surface area contributed by atoms with Crippen LogP contribution in [0.2, 0.25) is 0 Å². The predicted octanol–water partition coefficient (Wildman–Crippen LogP) is 14.0. The van der Waals surface area contributed by atoms with Gasteiger partial charge in [0.1, 0.15) is 23.5 Å². The van der Waals surface area contributed by atoms with Gasteiger partial charge in [-0.2, -0.15) is 0 Å². The van der Waals surface area contributed by atoms with E-state index in [1.165, 1.54) is 10.8 Å². The maximum atomic E-state index is 11.3. The van der Waals surface area contributed by atoms with Crippen LogP contribution in [0.4, 0.5) is 34.1 Å². The molecule has 294 valence electrons. The maximum Gasteiger partial charge on any atom is 0.150 e. The first-order chi connectivity index (χ1) is 29.5. The molecule has 0 radical (unpaired) electrons. The lowest BCUT2D eigenvalue weighted by Crippen LogP contribution is -2.09. The molecule has 0 aliphatic carbocycles. The van der Waals surface area contributed by atoms with Crippen molar-refractivity contribution in [3.63, 3.8) is 0 Å². The number of benzene rings is 8. The maximum absolute atomic E-state index is 11.3. The number of aldehydes is 1. The number of anilines is 6.